The molecule has 2 N–H and O–H groups in total. The van der Waals surface area contributed by atoms with E-state index in [2.05, 4.69) is 20.4 Å². The maximum Gasteiger partial charge on any atom is 0.220 e. The van der Waals surface area contributed by atoms with Crippen molar-refractivity contribution in [2.45, 2.75) is 38.8 Å². The van der Waals surface area contributed by atoms with Gasteiger partial charge in [0.15, 0.2) is 0 Å². The van der Waals surface area contributed by atoms with Gasteiger partial charge in [-0.2, -0.15) is 5.10 Å². The molecule has 0 aliphatic carbocycles. The molecular weight excluding hydrogens is 296 g/mol. The Balaban J connectivity index is 1.49. The fraction of sp³-hybridized carbons (Fsp3) is 0.750. The van der Waals surface area contributed by atoms with Crippen LogP contribution in [0.25, 0.3) is 0 Å². The first-order valence-corrected chi connectivity index (χ1v) is 8.34. The number of H-pyrrole nitrogens is 1. The normalized spacial score (nSPS) is 25.7. The molecule has 1 amide bonds. The molecule has 23 heavy (non-hydrogen) atoms. The smallest absolute Gasteiger partial charge is 0.220 e. The second-order valence-electron chi connectivity index (χ2n) is 6.35. The van der Waals surface area contributed by atoms with Gasteiger partial charge in [0.05, 0.1) is 44.2 Å². The molecule has 2 aliphatic rings. The molecule has 0 bridgehead atoms. The molecule has 128 valence electrons. The second-order valence-corrected chi connectivity index (χ2v) is 6.35. The molecule has 7 heteroatoms. The number of nitrogens with zero attached hydrogens (tertiary/aromatic N) is 2. The number of hydrogen-bond acceptors (Lipinski definition) is 5. The second kappa shape index (κ2) is 7.42. The Bertz CT molecular complexity index is 539. The quantitative estimate of drug-likeness (QED) is 0.808. The van der Waals surface area contributed by atoms with Crippen LogP contribution < -0.4 is 5.32 Å². The van der Waals surface area contributed by atoms with Gasteiger partial charge in [-0.1, -0.05) is 0 Å². The first kappa shape index (κ1) is 16.4. The Morgan fingerprint density at radius 1 is 1.30 bits per heavy atom. The Morgan fingerprint density at radius 2 is 2.09 bits per heavy atom. The number of carbonyl (C=O) groups is 1. The van der Waals surface area contributed by atoms with Crippen LogP contribution >= 0.6 is 0 Å². The van der Waals surface area contributed by atoms with Crippen molar-refractivity contribution in [3.05, 3.63) is 17.0 Å². The maximum absolute atomic E-state index is 12.3. The molecule has 2 atom stereocenters. The van der Waals surface area contributed by atoms with Crippen molar-refractivity contribution in [2.75, 3.05) is 39.5 Å². The number of aromatic nitrogens is 2. The monoisotopic (exact) mass is 322 g/mol. The summed E-state index contributed by atoms with van der Waals surface area (Å²) < 4.78 is 11.0. The van der Waals surface area contributed by atoms with Crippen LogP contribution in [-0.4, -0.2) is 72.6 Å². The number of aryl methyl sites for hydroxylation is 2. The summed E-state index contributed by atoms with van der Waals surface area (Å²) in [7, 11) is 0. The third-order valence-electron chi connectivity index (χ3n) is 4.85. The van der Waals surface area contributed by atoms with E-state index in [0.29, 0.717) is 26.1 Å². The lowest BCUT2D eigenvalue weighted by atomic mass is 10.1. The zero-order chi connectivity index (χ0) is 16.2. The van der Waals surface area contributed by atoms with Gasteiger partial charge in [-0.3, -0.25) is 14.8 Å². The van der Waals surface area contributed by atoms with E-state index in [1.807, 2.05) is 13.8 Å². The molecule has 2 aliphatic heterocycles. The Hall–Kier alpha value is -1.44. The number of nitrogens with one attached hydrogen (secondary N) is 2. The summed E-state index contributed by atoms with van der Waals surface area (Å²) in [6.45, 7) is 8.64. The summed E-state index contributed by atoms with van der Waals surface area (Å²) in [6, 6.07) is 0.333. The highest BCUT2D eigenvalue weighted by molar-refractivity contribution is 5.76. The van der Waals surface area contributed by atoms with Gasteiger partial charge in [-0.25, -0.2) is 0 Å². The molecule has 0 unspecified atom stereocenters. The van der Waals surface area contributed by atoms with Gasteiger partial charge >= 0.3 is 0 Å². The average molecular weight is 322 g/mol. The summed E-state index contributed by atoms with van der Waals surface area (Å²) in [5, 5.41) is 10.4. The Kier molecular flexibility index (Phi) is 5.30. The van der Waals surface area contributed by atoms with Crippen molar-refractivity contribution in [3.8, 4) is 0 Å². The summed E-state index contributed by atoms with van der Waals surface area (Å²) in [5.41, 5.74) is 3.19. The summed E-state index contributed by atoms with van der Waals surface area (Å²) in [6.07, 6.45) is 1.12. The van der Waals surface area contributed by atoms with Gasteiger partial charge in [0, 0.05) is 31.6 Å². The van der Waals surface area contributed by atoms with Crippen LogP contribution in [0.3, 0.4) is 0 Å². The maximum atomic E-state index is 12.3. The molecule has 0 saturated carbocycles. The van der Waals surface area contributed by atoms with Crippen molar-refractivity contribution < 1.29 is 14.3 Å². The van der Waals surface area contributed by atoms with Crippen molar-refractivity contribution in [1.29, 1.82) is 0 Å². The zero-order valence-corrected chi connectivity index (χ0v) is 13.9. The summed E-state index contributed by atoms with van der Waals surface area (Å²) in [5.74, 6) is 0.0683. The number of hydrogen-bond donors (Lipinski definition) is 2. The number of aromatic amines is 1. The molecule has 2 saturated heterocycles. The van der Waals surface area contributed by atoms with Gasteiger partial charge in [0.2, 0.25) is 5.91 Å². The minimum absolute atomic E-state index is 0.0683. The molecule has 3 rings (SSSR count). The number of amides is 1. The summed E-state index contributed by atoms with van der Waals surface area (Å²) >= 11 is 0. The van der Waals surface area contributed by atoms with E-state index in [1.54, 1.807) is 0 Å². The first-order chi connectivity index (χ1) is 11.1. The van der Waals surface area contributed by atoms with Crippen LogP contribution in [-0.2, 0) is 20.7 Å². The van der Waals surface area contributed by atoms with E-state index in [0.717, 1.165) is 43.3 Å². The molecule has 3 heterocycles. The van der Waals surface area contributed by atoms with Crippen LogP contribution in [0.2, 0.25) is 0 Å². The van der Waals surface area contributed by atoms with Gasteiger partial charge in [-0.15, -0.1) is 0 Å². The molecular formula is C16H26N4O3. The van der Waals surface area contributed by atoms with E-state index in [9.17, 15) is 4.79 Å². The van der Waals surface area contributed by atoms with Gasteiger partial charge < -0.3 is 14.8 Å². The molecule has 0 aromatic carbocycles. The lowest BCUT2D eigenvalue weighted by Crippen LogP contribution is -2.54. The van der Waals surface area contributed by atoms with Gasteiger partial charge in [-0.05, 0) is 19.4 Å². The minimum Gasteiger partial charge on any atom is -0.379 e. The van der Waals surface area contributed by atoms with E-state index < -0.39 is 0 Å². The predicted octanol–water partition coefficient (Wildman–Crippen LogP) is 0.175. The van der Waals surface area contributed by atoms with E-state index in [4.69, 9.17) is 9.47 Å². The number of carbonyl (C=O) groups excluding carboxylic acids is 1. The van der Waals surface area contributed by atoms with Crippen molar-refractivity contribution in [3.63, 3.8) is 0 Å². The molecule has 1 aromatic heterocycles. The molecule has 0 spiro atoms. The van der Waals surface area contributed by atoms with Crippen LogP contribution in [0.4, 0.5) is 0 Å². The SMILES string of the molecule is Cc1[nH]nc(CCC(=O)N[C@H]2COC[C@@H]2N2CCOCC2)c1C. The number of morpholine rings is 1. The predicted molar refractivity (Wildman–Crippen MR) is 85.3 cm³/mol. The topological polar surface area (TPSA) is 79.5 Å². The standard InChI is InChI=1S/C16H26N4O3/c1-11-12(2)18-19-13(11)3-4-16(21)17-14-9-23-10-15(14)20-5-7-22-8-6-20/h14-15H,3-10H2,1-2H3,(H,17,21)(H,18,19)/t14-,15-/m0/s1. The number of rotatable bonds is 5. The minimum atomic E-state index is 0.0683. The summed E-state index contributed by atoms with van der Waals surface area (Å²) in [4.78, 5) is 14.6. The van der Waals surface area contributed by atoms with Crippen LogP contribution in [0.15, 0.2) is 0 Å². The Labute approximate surface area is 136 Å². The van der Waals surface area contributed by atoms with E-state index in [1.165, 1.54) is 0 Å². The fourth-order valence-corrected chi connectivity index (χ4v) is 3.24. The fourth-order valence-electron chi connectivity index (χ4n) is 3.24. The molecule has 1 aromatic rings. The van der Waals surface area contributed by atoms with Gasteiger partial charge in [0.1, 0.15) is 0 Å². The highest BCUT2D eigenvalue weighted by Gasteiger charge is 2.34. The Morgan fingerprint density at radius 3 is 2.78 bits per heavy atom. The third kappa shape index (κ3) is 3.91. The lowest BCUT2D eigenvalue weighted by molar-refractivity contribution is -0.122. The highest BCUT2D eigenvalue weighted by atomic mass is 16.5. The van der Waals surface area contributed by atoms with Crippen molar-refractivity contribution in [2.24, 2.45) is 0 Å². The van der Waals surface area contributed by atoms with Crippen molar-refractivity contribution >= 4 is 5.91 Å². The van der Waals surface area contributed by atoms with Crippen LogP contribution in [0, 0.1) is 13.8 Å². The first-order valence-electron chi connectivity index (χ1n) is 8.34. The van der Waals surface area contributed by atoms with Crippen molar-refractivity contribution in [1.82, 2.24) is 20.4 Å². The van der Waals surface area contributed by atoms with Crippen LogP contribution in [0.1, 0.15) is 23.4 Å². The lowest BCUT2D eigenvalue weighted by Gasteiger charge is -2.34. The van der Waals surface area contributed by atoms with Gasteiger partial charge in [0.25, 0.3) is 0 Å². The molecule has 2 fully saturated rings. The molecule has 7 nitrogen and oxygen atoms in total. The average Bonchev–Trinajstić information content (AvgIpc) is 3.14. The van der Waals surface area contributed by atoms with E-state index >= 15 is 0 Å². The molecule has 0 radical (unpaired) electrons. The van der Waals surface area contributed by atoms with Crippen LogP contribution in [0.5, 0.6) is 0 Å². The zero-order valence-electron chi connectivity index (χ0n) is 13.9. The number of ether oxygens (including phenoxy) is 2. The third-order valence-corrected chi connectivity index (χ3v) is 4.85. The largest absolute Gasteiger partial charge is 0.379 e. The van der Waals surface area contributed by atoms with E-state index in [-0.39, 0.29) is 18.0 Å². The highest BCUT2D eigenvalue weighted by Crippen LogP contribution is 2.16.